The van der Waals surface area contributed by atoms with Gasteiger partial charge in [-0.05, 0) is 93.8 Å². The smallest absolute Gasteiger partial charge is 0.127 e. The van der Waals surface area contributed by atoms with E-state index in [4.69, 9.17) is 0 Å². The van der Waals surface area contributed by atoms with Crippen molar-refractivity contribution in [3.05, 3.63) is 0 Å². The number of nitrogens with zero attached hydrogens (tertiary/aromatic N) is 2. The lowest BCUT2D eigenvalue weighted by Crippen LogP contribution is -2.57. The van der Waals surface area contributed by atoms with Gasteiger partial charge in [0.1, 0.15) is 16.5 Å². The molecule has 2 rings (SSSR count). The fourth-order valence-electron chi connectivity index (χ4n) is 5.98. The van der Waals surface area contributed by atoms with Gasteiger partial charge in [0.15, 0.2) is 0 Å². The van der Waals surface area contributed by atoms with E-state index in [9.17, 15) is 0 Å². The molecule has 0 radical (unpaired) electrons. The van der Waals surface area contributed by atoms with E-state index >= 15 is 0 Å². The van der Waals surface area contributed by atoms with Crippen LogP contribution in [0.25, 0.3) is 0 Å². The normalized spacial score (nSPS) is 29.6. The summed E-state index contributed by atoms with van der Waals surface area (Å²) in [6, 6.07) is 1.68. The van der Waals surface area contributed by atoms with Crippen molar-refractivity contribution in [2.75, 3.05) is 14.1 Å². The van der Waals surface area contributed by atoms with Crippen molar-refractivity contribution in [1.82, 2.24) is 9.13 Å². The Balaban J connectivity index is 1.80. The van der Waals surface area contributed by atoms with Crippen molar-refractivity contribution < 1.29 is 0 Å². The lowest BCUT2D eigenvalue weighted by Gasteiger charge is -2.50. The third-order valence-corrected chi connectivity index (χ3v) is 22.4. The molecule has 0 unspecified atom stereocenters. The second-order valence-corrected chi connectivity index (χ2v) is 25.1. The average molecular weight is 467 g/mol. The molecule has 31 heavy (non-hydrogen) atoms. The first kappa shape index (κ1) is 27.6. The summed E-state index contributed by atoms with van der Waals surface area (Å²) in [5, 5.41) is 0.906. The van der Waals surface area contributed by atoms with Crippen LogP contribution in [0, 0.1) is 11.8 Å². The van der Waals surface area contributed by atoms with Gasteiger partial charge in [-0.3, -0.25) is 0 Å². The van der Waals surface area contributed by atoms with Crippen molar-refractivity contribution in [2.45, 2.75) is 148 Å². The summed E-state index contributed by atoms with van der Waals surface area (Å²) in [6.07, 6.45) is 13.2. The Labute approximate surface area is 199 Å². The van der Waals surface area contributed by atoms with E-state index < -0.39 is 16.5 Å². The summed E-state index contributed by atoms with van der Waals surface area (Å²) >= 11 is 0. The molecule has 184 valence electrons. The molecular weight excluding hydrogens is 408 g/mol. The van der Waals surface area contributed by atoms with Gasteiger partial charge in [-0.1, -0.05) is 67.7 Å². The Hall–Kier alpha value is 0.354. The van der Waals surface area contributed by atoms with Crippen molar-refractivity contribution in [2.24, 2.45) is 11.8 Å². The predicted octanol–water partition coefficient (Wildman–Crippen LogP) is 8.37. The van der Waals surface area contributed by atoms with Gasteiger partial charge in [-0.25, -0.2) is 0 Å². The van der Waals surface area contributed by atoms with E-state index in [1.165, 1.54) is 57.8 Å². The van der Waals surface area contributed by atoms with Gasteiger partial charge in [0.25, 0.3) is 0 Å². The molecule has 0 heterocycles. The Morgan fingerprint density at radius 2 is 0.806 bits per heavy atom. The molecule has 4 heteroatoms. The van der Waals surface area contributed by atoms with Crippen molar-refractivity contribution in [3.63, 3.8) is 0 Å². The zero-order valence-corrected chi connectivity index (χ0v) is 25.6. The SMILES string of the molecule is CN(C1CCC(CC2CCC(N(C)[Si](C)(C)C(C)(C)C)CC2)CC1)[Si](C)(C)C(C)(C)C. The number of hydrogen-bond acceptors (Lipinski definition) is 2. The lowest BCUT2D eigenvalue weighted by molar-refractivity contribution is 0.167. The molecule has 2 saturated carbocycles. The highest BCUT2D eigenvalue weighted by molar-refractivity contribution is 6.77. The highest BCUT2D eigenvalue weighted by atomic mass is 28.3. The van der Waals surface area contributed by atoms with Crippen LogP contribution in [0.15, 0.2) is 0 Å². The van der Waals surface area contributed by atoms with Crippen LogP contribution in [0.5, 0.6) is 0 Å². The molecule has 0 spiro atoms. The molecule has 0 aliphatic heterocycles. The topological polar surface area (TPSA) is 6.48 Å². The van der Waals surface area contributed by atoms with Gasteiger partial charge in [0, 0.05) is 12.1 Å². The molecule has 0 aromatic heterocycles. The van der Waals surface area contributed by atoms with Crippen LogP contribution < -0.4 is 0 Å². The molecule has 0 saturated heterocycles. The van der Waals surface area contributed by atoms with E-state index in [2.05, 4.69) is 91.0 Å². The highest BCUT2D eigenvalue weighted by Crippen LogP contribution is 2.44. The Bertz CT molecular complexity index is 507. The largest absolute Gasteiger partial charge is 0.323 e. The fourth-order valence-corrected chi connectivity index (χ4v) is 10.4. The number of rotatable bonds is 6. The van der Waals surface area contributed by atoms with Gasteiger partial charge >= 0.3 is 0 Å². The van der Waals surface area contributed by atoms with Gasteiger partial charge in [-0.2, -0.15) is 0 Å². The third kappa shape index (κ3) is 6.28. The van der Waals surface area contributed by atoms with E-state index in [0.29, 0.717) is 10.1 Å². The quantitative estimate of drug-likeness (QED) is 0.363. The molecule has 0 bridgehead atoms. The molecule has 0 N–H and O–H groups in total. The maximum atomic E-state index is 2.85. The van der Waals surface area contributed by atoms with Crippen LogP contribution in [-0.4, -0.2) is 51.8 Å². The van der Waals surface area contributed by atoms with Crippen molar-refractivity contribution in [3.8, 4) is 0 Å². The standard InChI is InChI=1S/C27H58N2Si2/c1-26(2,3)30(9,10)28(7)24-17-13-22(14-18-24)21-23-15-19-25(20-16-23)29(8)31(11,12)27(4,5)6/h22-25H,13-21H2,1-12H3. The summed E-state index contributed by atoms with van der Waals surface area (Å²) in [6.45, 7) is 25.1. The molecule has 0 amide bonds. The first-order chi connectivity index (χ1) is 14.0. The maximum Gasteiger partial charge on any atom is 0.127 e. The van der Waals surface area contributed by atoms with Gasteiger partial charge < -0.3 is 9.13 Å². The first-order valence-electron chi connectivity index (χ1n) is 13.4. The Morgan fingerprint density at radius 1 is 0.548 bits per heavy atom. The van der Waals surface area contributed by atoms with Crippen LogP contribution in [-0.2, 0) is 0 Å². The van der Waals surface area contributed by atoms with Crippen LogP contribution in [0.4, 0.5) is 0 Å². The molecular formula is C27H58N2Si2. The molecule has 2 aliphatic rings. The summed E-state index contributed by atoms with van der Waals surface area (Å²) in [5.74, 6) is 2.01. The maximum absolute atomic E-state index is 2.85. The average Bonchev–Trinajstić information content (AvgIpc) is 2.66. The molecule has 2 nitrogen and oxygen atoms in total. The van der Waals surface area contributed by atoms with Crippen molar-refractivity contribution >= 4 is 16.5 Å². The molecule has 0 aromatic carbocycles. The fraction of sp³-hybridized carbons (Fsp3) is 1.00. The molecule has 2 fully saturated rings. The highest BCUT2D eigenvalue weighted by Gasteiger charge is 2.44. The van der Waals surface area contributed by atoms with Gasteiger partial charge in [0.2, 0.25) is 0 Å². The van der Waals surface area contributed by atoms with Crippen LogP contribution >= 0.6 is 0 Å². The van der Waals surface area contributed by atoms with Crippen LogP contribution in [0.1, 0.15) is 99.3 Å². The zero-order valence-electron chi connectivity index (χ0n) is 23.6. The minimum Gasteiger partial charge on any atom is -0.323 e. The predicted molar refractivity (Wildman–Crippen MR) is 146 cm³/mol. The van der Waals surface area contributed by atoms with Gasteiger partial charge in [-0.15, -0.1) is 0 Å². The molecule has 0 atom stereocenters. The second kappa shape index (κ2) is 9.92. The zero-order chi connectivity index (χ0) is 23.8. The minimum absolute atomic E-state index is 0.453. The molecule has 0 aromatic rings. The Morgan fingerprint density at radius 3 is 1.03 bits per heavy atom. The second-order valence-electron chi connectivity index (χ2n) is 14.4. The summed E-state index contributed by atoms with van der Waals surface area (Å²) in [4.78, 5) is 0. The monoisotopic (exact) mass is 466 g/mol. The summed E-state index contributed by atoms with van der Waals surface area (Å²) < 4.78 is 5.70. The summed E-state index contributed by atoms with van der Waals surface area (Å²) in [5.41, 5.74) is 0. The van der Waals surface area contributed by atoms with E-state index in [0.717, 1.165) is 23.9 Å². The third-order valence-electron chi connectivity index (χ3n) is 10.8. The van der Waals surface area contributed by atoms with Gasteiger partial charge in [0.05, 0.1) is 0 Å². The van der Waals surface area contributed by atoms with Crippen molar-refractivity contribution in [1.29, 1.82) is 0 Å². The van der Waals surface area contributed by atoms with E-state index in [1.54, 1.807) is 0 Å². The first-order valence-corrected chi connectivity index (χ1v) is 19.3. The van der Waals surface area contributed by atoms with E-state index in [-0.39, 0.29) is 0 Å². The van der Waals surface area contributed by atoms with E-state index in [1.807, 2.05) is 0 Å². The summed E-state index contributed by atoms with van der Waals surface area (Å²) in [7, 11) is 2.14. The van der Waals surface area contributed by atoms with Crippen LogP contribution in [0.2, 0.25) is 36.3 Å². The Kier molecular flexibility index (Phi) is 8.83. The lowest BCUT2D eigenvalue weighted by atomic mass is 9.76. The van der Waals surface area contributed by atoms with Crippen LogP contribution in [0.3, 0.4) is 0 Å². The molecule has 2 aliphatic carbocycles. The number of hydrogen-bond donors (Lipinski definition) is 0. The minimum atomic E-state index is -1.38.